The molecule has 3 heterocycles. The normalized spacial score (nSPS) is 26.0. The van der Waals surface area contributed by atoms with Crippen molar-refractivity contribution in [1.82, 2.24) is 19.5 Å². The molecule has 144 valence electrons. The number of methoxy groups -OCH3 is 3. The van der Waals surface area contributed by atoms with E-state index >= 15 is 0 Å². The maximum Gasteiger partial charge on any atom is 0.280 e. The Labute approximate surface area is 149 Å². The highest BCUT2D eigenvalue weighted by molar-refractivity contribution is 5.70. The molecule has 0 saturated carbocycles. The van der Waals surface area contributed by atoms with Gasteiger partial charge in [-0.1, -0.05) is 0 Å². The SMILES string of the molecule is COCCOC1C(OC)[C@@H](COC)O[C@H]1n1cnc2c(=O)[nH]c(N)nc21. The Morgan fingerprint density at radius 3 is 2.77 bits per heavy atom. The van der Waals surface area contributed by atoms with E-state index in [-0.39, 0.29) is 23.7 Å². The van der Waals surface area contributed by atoms with Crippen LogP contribution >= 0.6 is 0 Å². The van der Waals surface area contributed by atoms with Gasteiger partial charge in [0.25, 0.3) is 5.56 Å². The van der Waals surface area contributed by atoms with Crippen molar-refractivity contribution in [3.63, 3.8) is 0 Å². The van der Waals surface area contributed by atoms with Crippen LogP contribution < -0.4 is 11.3 Å². The number of nitrogens with zero attached hydrogens (tertiary/aromatic N) is 3. The summed E-state index contributed by atoms with van der Waals surface area (Å²) >= 11 is 0. The fourth-order valence-electron chi connectivity index (χ4n) is 3.09. The highest BCUT2D eigenvalue weighted by Gasteiger charge is 2.47. The number of imidazole rings is 1. The smallest absolute Gasteiger partial charge is 0.280 e. The second-order valence-corrected chi connectivity index (χ2v) is 5.82. The minimum atomic E-state index is -0.615. The fourth-order valence-corrected chi connectivity index (χ4v) is 3.09. The lowest BCUT2D eigenvalue weighted by atomic mass is 10.1. The number of nitrogens with one attached hydrogen (secondary N) is 1. The van der Waals surface area contributed by atoms with Crippen molar-refractivity contribution in [3.05, 3.63) is 16.7 Å². The predicted octanol–water partition coefficient (Wildman–Crippen LogP) is -0.708. The van der Waals surface area contributed by atoms with Crippen molar-refractivity contribution in [1.29, 1.82) is 0 Å². The number of rotatable bonds is 8. The number of hydrogen-bond donors (Lipinski definition) is 2. The van der Waals surface area contributed by atoms with Gasteiger partial charge in [-0.25, -0.2) is 4.98 Å². The quantitative estimate of drug-likeness (QED) is 0.578. The molecular weight excluding hydrogens is 346 g/mol. The summed E-state index contributed by atoms with van der Waals surface area (Å²) < 4.78 is 29.5. The van der Waals surface area contributed by atoms with Crippen LogP contribution in [0.25, 0.3) is 11.2 Å². The molecule has 11 heteroatoms. The third kappa shape index (κ3) is 3.44. The monoisotopic (exact) mass is 369 g/mol. The van der Waals surface area contributed by atoms with Crippen LogP contribution in [0.2, 0.25) is 0 Å². The zero-order chi connectivity index (χ0) is 18.7. The first-order valence-electron chi connectivity index (χ1n) is 8.10. The lowest BCUT2D eigenvalue weighted by Crippen LogP contribution is -2.38. The van der Waals surface area contributed by atoms with E-state index in [1.54, 1.807) is 25.9 Å². The summed E-state index contributed by atoms with van der Waals surface area (Å²) in [6.07, 6.45) is -0.357. The maximum atomic E-state index is 12.0. The molecule has 0 spiro atoms. The van der Waals surface area contributed by atoms with Crippen LogP contribution in [-0.4, -0.2) is 79.0 Å². The largest absolute Gasteiger partial charge is 0.382 e. The molecular formula is C15H23N5O6. The first kappa shape index (κ1) is 18.7. The van der Waals surface area contributed by atoms with Crippen molar-refractivity contribution in [3.8, 4) is 0 Å². The number of ether oxygens (including phenoxy) is 5. The Bertz CT molecular complexity index is 792. The number of H-pyrrole nitrogens is 1. The maximum absolute atomic E-state index is 12.0. The Morgan fingerprint density at radius 1 is 1.27 bits per heavy atom. The number of fused-ring (bicyclic) bond motifs is 1. The summed E-state index contributed by atoms with van der Waals surface area (Å²) in [5.74, 6) is -0.00386. The van der Waals surface area contributed by atoms with Gasteiger partial charge in [-0.2, -0.15) is 4.98 Å². The summed E-state index contributed by atoms with van der Waals surface area (Å²) in [6.45, 7) is 1.09. The van der Waals surface area contributed by atoms with E-state index < -0.39 is 17.9 Å². The van der Waals surface area contributed by atoms with E-state index in [2.05, 4.69) is 15.0 Å². The molecule has 2 aromatic heterocycles. The van der Waals surface area contributed by atoms with Gasteiger partial charge in [0.1, 0.15) is 18.3 Å². The van der Waals surface area contributed by atoms with Gasteiger partial charge < -0.3 is 29.4 Å². The van der Waals surface area contributed by atoms with Gasteiger partial charge in [0.05, 0.1) is 26.1 Å². The van der Waals surface area contributed by atoms with Crippen LogP contribution in [0.5, 0.6) is 0 Å². The zero-order valence-electron chi connectivity index (χ0n) is 14.9. The van der Waals surface area contributed by atoms with E-state index in [1.165, 1.54) is 6.33 Å². The van der Waals surface area contributed by atoms with Gasteiger partial charge in [0.15, 0.2) is 17.4 Å². The van der Waals surface area contributed by atoms with Gasteiger partial charge in [-0.05, 0) is 0 Å². The minimum Gasteiger partial charge on any atom is -0.382 e. The molecule has 2 aromatic rings. The van der Waals surface area contributed by atoms with E-state index in [9.17, 15) is 4.79 Å². The van der Waals surface area contributed by atoms with Crippen LogP contribution in [0, 0.1) is 0 Å². The molecule has 26 heavy (non-hydrogen) atoms. The highest BCUT2D eigenvalue weighted by atomic mass is 16.6. The molecule has 2 unspecified atom stereocenters. The number of hydrogen-bond acceptors (Lipinski definition) is 9. The van der Waals surface area contributed by atoms with Gasteiger partial charge in [-0.15, -0.1) is 0 Å². The Morgan fingerprint density at radius 2 is 2.08 bits per heavy atom. The van der Waals surface area contributed by atoms with Crippen LogP contribution in [0.4, 0.5) is 5.95 Å². The summed E-state index contributed by atoms with van der Waals surface area (Å²) in [4.78, 5) is 22.8. The number of nitrogen functional groups attached to an aromatic ring is 1. The van der Waals surface area contributed by atoms with Crippen LogP contribution in [0.1, 0.15) is 6.23 Å². The Hall–Kier alpha value is -2.05. The fraction of sp³-hybridized carbons (Fsp3) is 0.667. The van der Waals surface area contributed by atoms with Crippen molar-refractivity contribution < 1.29 is 23.7 Å². The lowest BCUT2D eigenvalue weighted by Gasteiger charge is -2.23. The van der Waals surface area contributed by atoms with Gasteiger partial charge in [0, 0.05) is 21.3 Å². The Balaban J connectivity index is 1.98. The molecule has 11 nitrogen and oxygen atoms in total. The van der Waals surface area contributed by atoms with E-state index in [1.807, 2.05) is 0 Å². The van der Waals surface area contributed by atoms with Crippen molar-refractivity contribution in [2.24, 2.45) is 0 Å². The van der Waals surface area contributed by atoms with Crippen molar-refractivity contribution in [2.45, 2.75) is 24.5 Å². The minimum absolute atomic E-state index is 0.00386. The molecule has 0 radical (unpaired) electrons. The number of aromatic nitrogens is 4. The van der Waals surface area contributed by atoms with Gasteiger partial charge in [-0.3, -0.25) is 14.3 Å². The standard InChI is InChI=1S/C15H23N5O6/c1-22-4-5-25-11-10(24-3)8(6-23-2)26-14(11)20-7-17-9-12(20)18-15(16)19-13(9)21/h7-8,10-11,14H,4-6H2,1-3H3,(H3,16,18,19,21)/t8-,10?,11?,14-/m1/s1. The molecule has 3 N–H and O–H groups in total. The van der Waals surface area contributed by atoms with E-state index in [4.69, 9.17) is 29.4 Å². The van der Waals surface area contributed by atoms with Gasteiger partial charge >= 0.3 is 0 Å². The van der Waals surface area contributed by atoms with Crippen LogP contribution in [0.3, 0.4) is 0 Å². The molecule has 3 rings (SSSR count). The molecule has 0 amide bonds. The van der Waals surface area contributed by atoms with Crippen molar-refractivity contribution >= 4 is 17.1 Å². The van der Waals surface area contributed by atoms with E-state index in [0.717, 1.165) is 0 Å². The number of anilines is 1. The number of aromatic amines is 1. The molecule has 1 aliphatic rings. The number of nitrogens with two attached hydrogens (primary N) is 1. The van der Waals surface area contributed by atoms with Crippen molar-refractivity contribution in [2.75, 3.05) is 46.9 Å². The molecule has 0 bridgehead atoms. The summed E-state index contributed by atoms with van der Waals surface area (Å²) in [6, 6.07) is 0. The molecule has 0 aliphatic carbocycles. The second-order valence-electron chi connectivity index (χ2n) is 5.82. The van der Waals surface area contributed by atoms with Gasteiger partial charge in [0.2, 0.25) is 5.95 Å². The first-order valence-corrected chi connectivity index (χ1v) is 8.10. The molecule has 1 aliphatic heterocycles. The topological polar surface area (TPSA) is 136 Å². The lowest BCUT2D eigenvalue weighted by molar-refractivity contribution is -0.0820. The molecule has 0 aromatic carbocycles. The summed E-state index contributed by atoms with van der Waals surface area (Å²) in [5, 5.41) is 0. The molecule has 1 fully saturated rings. The average molecular weight is 369 g/mol. The third-order valence-electron chi connectivity index (χ3n) is 4.21. The third-order valence-corrected chi connectivity index (χ3v) is 4.21. The summed E-state index contributed by atoms with van der Waals surface area (Å²) in [7, 11) is 4.76. The predicted molar refractivity (Wildman–Crippen MR) is 90.8 cm³/mol. The first-order chi connectivity index (χ1) is 12.6. The molecule has 4 atom stereocenters. The summed E-state index contributed by atoms with van der Waals surface area (Å²) in [5.41, 5.74) is 5.73. The second kappa shape index (κ2) is 8.10. The van der Waals surface area contributed by atoms with Crippen LogP contribution in [-0.2, 0) is 23.7 Å². The average Bonchev–Trinajstić information content (AvgIpc) is 3.17. The highest BCUT2D eigenvalue weighted by Crippen LogP contribution is 2.34. The Kier molecular flexibility index (Phi) is 5.84. The zero-order valence-corrected chi connectivity index (χ0v) is 14.9. The molecule has 1 saturated heterocycles. The van der Waals surface area contributed by atoms with Crippen LogP contribution in [0.15, 0.2) is 11.1 Å². The van der Waals surface area contributed by atoms with E-state index in [0.29, 0.717) is 25.5 Å².